The van der Waals surface area contributed by atoms with Gasteiger partial charge in [0, 0.05) is 36.7 Å². The molecule has 3 aromatic rings. The number of aryl methyl sites for hydroxylation is 1. The number of carbonyl (C=O) groups excluding carboxylic acids is 2. The predicted molar refractivity (Wildman–Crippen MR) is 184 cm³/mol. The maximum Gasteiger partial charge on any atom is 0.416 e. The first-order valence-corrected chi connectivity index (χ1v) is 17.2. The first kappa shape index (κ1) is 37.5. The number of aromatic nitrogens is 2. The number of piperidine rings is 1. The highest BCUT2D eigenvalue weighted by Gasteiger charge is 2.32. The van der Waals surface area contributed by atoms with Crippen LogP contribution in [0.15, 0.2) is 30.3 Å². The third kappa shape index (κ3) is 10.9. The van der Waals surface area contributed by atoms with Crippen LogP contribution in [0.4, 0.5) is 29.5 Å². The van der Waals surface area contributed by atoms with Gasteiger partial charge in [0.15, 0.2) is 0 Å². The highest BCUT2D eigenvalue weighted by Crippen LogP contribution is 2.39. The molecule has 5 N–H and O–H groups in total. The molecule has 1 aliphatic rings. The molecule has 1 fully saturated rings. The number of hydrogen-bond acceptors (Lipinski definition) is 8. The maximum absolute atomic E-state index is 13.5. The molecule has 1 aromatic heterocycles. The van der Waals surface area contributed by atoms with Crippen molar-refractivity contribution in [2.75, 3.05) is 37.9 Å². The van der Waals surface area contributed by atoms with Crippen LogP contribution in [-0.2, 0) is 15.7 Å². The molecule has 10 nitrogen and oxygen atoms in total. The second-order valence-corrected chi connectivity index (χ2v) is 12.9. The fraction of sp³-hybridized carbons (Fsp3) is 0.556. The molecule has 1 saturated heterocycles. The van der Waals surface area contributed by atoms with Gasteiger partial charge in [-0.2, -0.15) is 13.2 Å². The standard InChI is InChI=1S/C36H49F3N6O4/c1-23(26-18-27(36(37,38)39)20-28(40)19-26)42-34-30-21-29(32(48-3)22-31(30)43-24(2)44-34)25-13-15-45(16-14-25)33(46)12-10-8-6-4-5-7-9-11-17-49-35(41)47/h18-23,25H,4-17,40H2,1-3H3,(H2,41,47)(H,42,43,44)/t23-/m1/s1. The summed E-state index contributed by atoms with van der Waals surface area (Å²) in [6.07, 6.45) is 5.08. The molecule has 13 heteroatoms. The Balaban J connectivity index is 1.33. The van der Waals surface area contributed by atoms with Crippen molar-refractivity contribution in [3.05, 3.63) is 52.8 Å². The van der Waals surface area contributed by atoms with E-state index in [4.69, 9.17) is 20.9 Å². The van der Waals surface area contributed by atoms with Crippen LogP contribution in [0.5, 0.6) is 5.75 Å². The molecule has 0 aliphatic carbocycles. The van der Waals surface area contributed by atoms with E-state index in [0.29, 0.717) is 54.6 Å². The number of ether oxygens (including phenoxy) is 2. The Labute approximate surface area is 286 Å². The van der Waals surface area contributed by atoms with Gasteiger partial charge in [-0.1, -0.05) is 38.5 Å². The molecule has 0 radical (unpaired) electrons. The van der Waals surface area contributed by atoms with Gasteiger partial charge in [-0.15, -0.1) is 0 Å². The van der Waals surface area contributed by atoms with E-state index in [1.807, 2.05) is 17.0 Å². The lowest BCUT2D eigenvalue weighted by Gasteiger charge is -2.33. The maximum atomic E-state index is 13.5. The molecule has 0 spiro atoms. The summed E-state index contributed by atoms with van der Waals surface area (Å²) >= 11 is 0. The SMILES string of the molecule is COc1cc2nc(C)nc(N[C@H](C)c3cc(N)cc(C(F)(F)F)c3)c2cc1C1CCN(C(=O)CCCCCCCCCCOC(N)=O)CC1. The van der Waals surface area contributed by atoms with E-state index >= 15 is 0 Å². The van der Waals surface area contributed by atoms with E-state index in [1.165, 1.54) is 6.07 Å². The second-order valence-electron chi connectivity index (χ2n) is 12.9. The predicted octanol–water partition coefficient (Wildman–Crippen LogP) is 8.03. The summed E-state index contributed by atoms with van der Waals surface area (Å²) in [5.74, 6) is 2.08. The number of alkyl halides is 3. The second kappa shape index (κ2) is 17.4. The molecule has 0 unspecified atom stereocenters. The molecule has 0 bridgehead atoms. The van der Waals surface area contributed by atoms with E-state index in [-0.39, 0.29) is 17.5 Å². The fourth-order valence-electron chi connectivity index (χ4n) is 6.48. The summed E-state index contributed by atoms with van der Waals surface area (Å²) in [5.41, 5.74) is 12.1. The number of rotatable bonds is 16. The normalized spacial score (nSPS) is 14.5. The van der Waals surface area contributed by atoms with Crippen molar-refractivity contribution in [1.29, 1.82) is 0 Å². The van der Waals surface area contributed by atoms with Gasteiger partial charge in [0.2, 0.25) is 5.91 Å². The summed E-state index contributed by atoms with van der Waals surface area (Å²) < 4.78 is 51.0. The molecule has 4 rings (SSSR count). The zero-order chi connectivity index (χ0) is 35.6. The Morgan fingerprint density at radius 2 is 1.63 bits per heavy atom. The lowest BCUT2D eigenvalue weighted by atomic mass is 9.87. The van der Waals surface area contributed by atoms with Crippen molar-refractivity contribution in [3.8, 4) is 5.75 Å². The topological polar surface area (TPSA) is 146 Å². The van der Waals surface area contributed by atoms with E-state index < -0.39 is 23.9 Å². The Hall–Kier alpha value is -4.29. The monoisotopic (exact) mass is 686 g/mol. The van der Waals surface area contributed by atoms with E-state index in [9.17, 15) is 22.8 Å². The highest BCUT2D eigenvalue weighted by molar-refractivity contribution is 5.91. The Morgan fingerprint density at radius 3 is 2.27 bits per heavy atom. The number of halogens is 3. The minimum Gasteiger partial charge on any atom is -0.496 e. The summed E-state index contributed by atoms with van der Waals surface area (Å²) in [7, 11) is 1.62. The Morgan fingerprint density at radius 1 is 0.980 bits per heavy atom. The average Bonchev–Trinajstić information content (AvgIpc) is 3.05. The molecule has 2 heterocycles. The Kier molecular flexibility index (Phi) is 13.3. The van der Waals surface area contributed by atoms with Crippen LogP contribution < -0.4 is 21.5 Å². The van der Waals surface area contributed by atoms with E-state index in [2.05, 4.69) is 15.3 Å². The fourth-order valence-corrected chi connectivity index (χ4v) is 6.48. The van der Waals surface area contributed by atoms with Crippen molar-refractivity contribution in [1.82, 2.24) is 14.9 Å². The molecule has 1 atom stereocenters. The molecule has 268 valence electrons. The van der Waals surface area contributed by atoms with Gasteiger partial charge in [0.1, 0.15) is 17.4 Å². The van der Waals surface area contributed by atoms with Crippen molar-refractivity contribution < 1.29 is 32.2 Å². The zero-order valence-corrected chi connectivity index (χ0v) is 28.7. The first-order chi connectivity index (χ1) is 23.3. The minimum atomic E-state index is -4.51. The van der Waals surface area contributed by atoms with E-state index in [0.717, 1.165) is 87.3 Å². The van der Waals surface area contributed by atoms with Gasteiger partial charge < -0.3 is 31.2 Å². The number of nitrogens with one attached hydrogen (secondary N) is 1. The smallest absolute Gasteiger partial charge is 0.416 e. The largest absolute Gasteiger partial charge is 0.496 e. The number of benzene rings is 2. The molecule has 49 heavy (non-hydrogen) atoms. The minimum absolute atomic E-state index is 0.0354. The number of anilines is 2. The zero-order valence-electron chi connectivity index (χ0n) is 28.7. The van der Waals surface area contributed by atoms with Gasteiger partial charge in [-0.3, -0.25) is 4.79 Å². The average molecular weight is 687 g/mol. The van der Waals surface area contributed by atoms with Crippen molar-refractivity contribution >= 4 is 34.4 Å². The number of amides is 2. The van der Waals surface area contributed by atoms with Gasteiger partial charge in [-0.25, -0.2) is 14.8 Å². The Bertz CT molecular complexity index is 1580. The lowest BCUT2D eigenvalue weighted by molar-refractivity contribution is -0.137. The van der Waals surface area contributed by atoms with Crippen LogP contribution >= 0.6 is 0 Å². The number of nitrogens with two attached hydrogens (primary N) is 2. The molecule has 0 saturated carbocycles. The van der Waals surface area contributed by atoms with Gasteiger partial charge in [0.25, 0.3) is 0 Å². The number of carbonyl (C=O) groups is 2. The molecular weight excluding hydrogens is 637 g/mol. The third-order valence-electron chi connectivity index (χ3n) is 9.13. The van der Waals surface area contributed by atoms with Gasteiger partial charge in [-0.05, 0) is 80.8 Å². The number of fused-ring (bicyclic) bond motifs is 1. The van der Waals surface area contributed by atoms with Gasteiger partial charge in [0.05, 0.1) is 30.8 Å². The lowest BCUT2D eigenvalue weighted by Crippen LogP contribution is -2.37. The summed E-state index contributed by atoms with van der Waals surface area (Å²) in [6.45, 7) is 5.23. The van der Waals surface area contributed by atoms with Crippen LogP contribution in [0.1, 0.15) is 112 Å². The van der Waals surface area contributed by atoms with Crippen molar-refractivity contribution in [3.63, 3.8) is 0 Å². The van der Waals surface area contributed by atoms with Crippen LogP contribution in [0.3, 0.4) is 0 Å². The third-order valence-corrected chi connectivity index (χ3v) is 9.13. The number of nitrogens with zero attached hydrogens (tertiary/aromatic N) is 3. The van der Waals surface area contributed by atoms with Crippen LogP contribution in [-0.4, -0.2) is 53.7 Å². The van der Waals surface area contributed by atoms with Crippen LogP contribution in [0, 0.1) is 6.92 Å². The van der Waals surface area contributed by atoms with Crippen molar-refractivity contribution in [2.24, 2.45) is 5.73 Å². The van der Waals surface area contributed by atoms with Gasteiger partial charge >= 0.3 is 12.3 Å². The number of nitrogen functional groups attached to an aromatic ring is 1. The first-order valence-electron chi connectivity index (χ1n) is 17.2. The van der Waals surface area contributed by atoms with Crippen molar-refractivity contribution in [2.45, 2.75) is 103 Å². The van der Waals surface area contributed by atoms with Crippen LogP contribution in [0.2, 0.25) is 0 Å². The summed E-state index contributed by atoms with van der Waals surface area (Å²) in [4.78, 5) is 34.7. The quantitative estimate of drug-likeness (QED) is 0.101. The molecule has 1 aliphatic heterocycles. The van der Waals surface area contributed by atoms with E-state index in [1.54, 1.807) is 21.0 Å². The highest BCUT2D eigenvalue weighted by atomic mass is 19.4. The summed E-state index contributed by atoms with van der Waals surface area (Å²) in [5, 5.41) is 4.04. The molecule has 2 aromatic carbocycles. The number of primary amides is 1. The number of methoxy groups -OCH3 is 1. The molecular formula is C36H49F3N6O4. The number of unbranched alkanes of at least 4 members (excludes halogenated alkanes) is 7. The summed E-state index contributed by atoms with van der Waals surface area (Å²) in [6, 6.07) is 6.93. The van der Waals surface area contributed by atoms with Crippen LogP contribution in [0.25, 0.3) is 10.9 Å². The molecule has 2 amide bonds. The number of likely N-dealkylation sites (tertiary alicyclic amines) is 1. The number of hydrogen-bond donors (Lipinski definition) is 3.